The van der Waals surface area contributed by atoms with Gasteiger partial charge in [0.05, 0.1) is 6.26 Å². The zero-order valence-corrected chi connectivity index (χ0v) is 13.7. The number of nitrogens with one attached hydrogen (secondary N) is 2. The van der Waals surface area contributed by atoms with Crippen molar-refractivity contribution in [1.82, 2.24) is 20.8 Å². The Balaban J connectivity index is 1.47. The smallest absolute Gasteiger partial charge is 0.316 e. The fourth-order valence-corrected chi connectivity index (χ4v) is 2.08. The number of aromatic nitrogens is 2. The van der Waals surface area contributed by atoms with E-state index < -0.39 is 5.91 Å². The van der Waals surface area contributed by atoms with Crippen LogP contribution in [0.2, 0.25) is 0 Å². The van der Waals surface area contributed by atoms with Gasteiger partial charge in [0.1, 0.15) is 0 Å². The van der Waals surface area contributed by atoms with Crippen LogP contribution in [-0.2, 0) is 0 Å². The summed E-state index contributed by atoms with van der Waals surface area (Å²) in [4.78, 5) is 27.4. The molecule has 2 amide bonds. The summed E-state index contributed by atoms with van der Waals surface area (Å²) in [6.07, 6.45) is 1.40. The van der Waals surface area contributed by atoms with E-state index >= 15 is 0 Å². The fourth-order valence-electron chi connectivity index (χ4n) is 1.77. The maximum Gasteiger partial charge on any atom is 0.316 e. The van der Waals surface area contributed by atoms with Crippen LogP contribution < -0.4 is 10.6 Å². The van der Waals surface area contributed by atoms with Gasteiger partial charge in [-0.15, -0.1) is 0 Å². The third-order valence-electron chi connectivity index (χ3n) is 2.85. The van der Waals surface area contributed by atoms with Crippen LogP contribution in [0.15, 0.2) is 48.6 Å². The second-order valence-corrected chi connectivity index (χ2v) is 5.30. The summed E-state index contributed by atoms with van der Waals surface area (Å²) in [7, 11) is 0. The molecule has 0 saturated carbocycles. The van der Waals surface area contributed by atoms with Gasteiger partial charge >= 0.3 is 11.8 Å². The van der Waals surface area contributed by atoms with Crippen molar-refractivity contribution in [3.8, 4) is 11.6 Å². The lowest BCUT2D eigenvalue weighted by atomic mass is 10.4. The molecule has 0 unspecified atom stereocenters. The third kappa shape index (κ3) is 3.71. The molecule has 0 bridgehead atoms. The Hall–Kier alpha value is -2.88. The average molecular weight is 395 g/mol. The van der Waals surface area contributed by atoms with Gasteiger partial charge in [-0.25, -0.2) is 0 Å². The molecule has 0 aromatic carbocycles. The predicted molar refractivity (Wildman–Crippen MR) is 83.1 cm³/mol. The predicted octanol–water partition coefficient (Wildman–Crippen LogP) is 1.84. The van der Waals surface area contributed by atoms with Gasteiger partial charge in [-0.3, -0.25) is 9.59 Å². The molecule has 0 aliphatic heterocycles. The molecule has 0 spiro atoms. The Labute approximate surface area is 143 Å². The molecule has 0 aliphatic rings. The zero-order chi connectivity index (χ0) is 16.9. The molecule has 24 heavy (non-hydrogen) atoms. The minimum atomic E-state index is -0.549. The number of halogens is 1. The summed E-state index contributed by atoms with van der Waals surface area (Å²) in [5.74, 6) is -0.376. The topological polar surface area (TPSA) is 123 Å². The Morgan fingerprint density at radius 3 is 2.58 bits per heavy atom. The summed E-state index contributed by atoms with van der Waals surface area (Å²) in [5, 5.41) is 8.81. The Morgan fingerprint density at radius 1 is 1.12 bits per heavy atom. The molecule has 9 nitrogen and oxygen atoms in total. The highest BCUT2D eigenvalue weighted by Crippen LogP contribution is 2.22. The van der Waals surface area contributed by atoms with Gasteiger partial charge in [0.2, 0.25) is 5.82 Å². The minimum absolute atomic E-state index is 0.164. The standard InChI is InChI=1S/C14H11BrN4O5/c15-10-4-3-8(23-10)11-18-14(24-19-11)13(21)17-6-5-16-12(20)9-2-1-7-22-9/h1-4,7H,5-6H2,(H,16,20)(H,17,21). The van der Waals surface area contributed by atoms with E-state index in [9.17, 15) is 9.59 Å². The van der Waals surface area contributed by atoms with Gasteiger partial charge in [0.25, 0.3) is 5.91 Å². The average Bonchev–Trinajstić information content (AvgIpc) is 3.30. The molecular formula is C14H11BrN4O5. The van der Waals surface area contributed by atoms with E-state index in [4.69, 9.17) is 13.4 Å². The van der Waals surface area contributed by atoms with Crippen LogP contribution in [0.5, 0.6) is 0 Å². The van der Waals surface area contributed by atoms with E-state index in [-0.39, 0.29) is 36.5 Å². The SMILES string of the molecule is O=C(NCCNC(=O)c1nc(-c2ccc(Br)o2)no1)c1ccco1. The second-order valence-electron chi connectivity index (χ2n) is 4.52. The first-order valence-corrected chi connectivity index (χ1v) is 7.62. The molecule has 0 fully saturated rings. The monoisotopic (exact) mass is 394 g/mol. The summed E-state index contributed by atoms with van der Waals surface area (Å²) < 4.78 is 15.6. The number of hydrogen-bond acceptors (Lipinski definition) is 7. The van der Waals surface area contributed by atoms with Gasteiger partial charge in [0.15, 0.2) is 16.2 Å². The highest BCUT2D eigenvalue weighted by atomic mass is 79.9. The highest BCUT2D eigenvalue weighted by Gasteiger charge is 2.17. The first kappa shape index (κ1) is 16.0. The van der Waals surface area contributed by atoms with E-state index in [2.05, 4.69) is 36.7 Å². The van der Waals surface area contributed by atoms with Gasteiger partial charge in [-0.2, -0.15) is 4.98 Å². The maximum absolute atomic E-state index is 11.9. The molecule has 0 saturated heterocycles. The second kappa shape index (κ2) is 7.13. The normalized spacial score (nSPS) is 10.5. The van der Waals surface area contributed by atoms with Gasteiger partial charge in [-0.05, 0) is 40.2 Å². The zero-order valence-electron chi connectivity index (χ0n) is 12.1. The van der Waals surface area contributed by atoms with Crippen molar-refractivity contribution >= 4 is 27.7 Å². The Bertz CT molecular complexity index is 839. The molecule has 10 heteroatoms. The van der Waals surface area contributed by atoms with E-state index in [0.717, 1.165) is 0 Å². The van der Waals surface area contributed by atoms with E-state index in [1.54, 1.807) is 24.3 Å². The maximum atomic E-state index is 11.9. The van der Waals surface area contributed by atoms with Gasteiger partial charge < -0.3 is 24.0 Å². The molecule has 3 aromatic heterocycles. The molecule has 124 valence electrons. The van der Waals surface area contributed by atoms with Crippen molar-refractivity contribution in [2.75, 3.05) is 13.1 Å². The van der Waals surface area contributed by atoms with Crippen molar-refractivity contribution < 1.29 is 22.9 Å². The van der Waals surface area contributed by atoms with Gasteiger partial charge in [-0.1, -0.05) is 5.16 Å². The first-order valence-electron chi connectivity index (χ1n) is 6.83. The molecule has 3 aromatic rings. The Morgan fingerprint density at radius 2 is 1.92 bits per heavy atom. The number of carbonyl (C=O) groups excluding carboxylic acids is 2. The summed E-state index contributed by atoms with van der Waals surface area (Å²) in [6.45, 7) is 0.409. The van der Waals surface area contributed by atoms with Crippen LogP contribution in [0.4, 0.5) is 0 Å². The minimum Gasteiger partial charge on any atom is -0.459 e. The Kier molecular flexibility index (Phi) is 4.75. The van der Waals surface area contributed by atoms with E-state index in [0.29, 0.717) is 10.4 Å². The lowest BCUT2D eigenvalue weighted by Crippen LogP contribution is -2.34. The largest absolute Gasteiger partial charge is 0.459 e. The van der Waals surface area contributed by atoms with E-state index in [1.165, 1.54) is 6.26 Å². The van der Waals surface area contributed by atoms with Crippen LogP contribution in [-0.4, -0.2) is 35.0 Å². The summed E-state index contributed by atoms with van der Waals surface area (Å²) in [6, 6.07) is 6.47. The molecule has 3 heterocycles. The quantitative estimate of drug-likeness (QED) is 0.611. The number of hydrogen-bond donors (Lipinski definition) is 2. The van der Waals surface area contributed by atoms with Crippen molar-refractivity contribution in [2.24, 2.45) is 0 Å². The summed E-state index contributed by atoms with van der Waals surface area (Å²) in [5.41, 5.74) is 0. The summed E-state index contributed by atoms with van der Waals surface area (Å²) >= 11 is 3.16. The molecule has 0 radical (unpaired) electrons. The number of furan rings is 2. The van der Waals surface area contributed by atoms with Crippen LogP contribution in [0.1, 0.15) is 21.2 Å². The number of rotatable bonds is 6. The van der Waals surface area contributed by atoms with Crippen molar-refractivity contribution in [2.45, 2.75) is 0 Å². The highest BCUT2D eigenvalue weighted by molar-refractivity contribution is 9.10. The van der Waals surface area contributed by atoms with Crippen molar-refractivity contribution in [3.63, 3.8) is 0 Å². The van der Waals surface area contributed by atoms with Crippen molar-refractivity contribution in [3.05, 3.63) is 46.8 Å². The molecule has 0 aliphatic carbocycles. The number of carbonyl (C=O) groups is 2. The molecule has 2 N–H and O–H groups in total. The van der Waals surface area contributed by atoms with E-state index in [1.807, 2.05) is 0 Å². The van der Waals surface area contributed by atoms with Crippen LogP contribution >= 0.6 is 15.9 Å². The molecule has 0 atom stereocenters. The third-order valence-corrected chi connectivity index (χ3v) is 3.28. The van der Waals surface area contributed by atoms with Crippen LogP contribution in [0.25, 0.3) is 11.6 Å². The lowest BCUT2D eigenvalue weighted by Gasteiger charge is -2.03. The molecule has 3 rings (SSSR count). The van der Waals surface area contributed by atoms with Gasteiger partial charge in [0, 0.05) is 13.1 Å². The van der Waals surface area contributed by atoms with Crippen LogP contribution in [0.3, 0.4) is 0 Å². The first-order chi connectivity index (χ1) is 11.6. The molecular weight excluding hydrogens is 384 g/mol. The number of amides is 2. The fraction of sp³-hybridized carbons (Fsp3) is 0.143. The van der Waals surface area contributed by atoms with Crippen LogP contribution in [0, 0.1) is 0 Å². The number of nitrogens with zero attached hydrogens (tertiary/aromatic N) is 2. The van der Waals surface area contributed by atoms with Crippen molar-refractivity contribution in [1.29, 1.82) is 0 Å². The lowest BCUT2D eigenvalue weighted by molar-refractivity contribution is 0.0891.